The van der Waals surface area contributed by atoms with Gasteiger partial charge in [0.05, 0.1) is 0 Å². The van der Waals surface area contributed by atoms with Crippen LogP contribution in [0.1, 0.15) is 23.1 Å². The van der Waals surface area contributed by atoms with E-state index in [0.717, 1.165) is 23.1 Å². The van der Waals surface area contributed by atoms with E-state index in [2.05, 4.69) is 0 Å². The highest BCUT2D eigenvalue weighted by Crippen LogP contribution is 2.37. The van der Waals surface area contributed by atoms with Crippen molar-refractivity contribution in [2.45, 2.75) is 25.3 Å². The van der Waals surface area contributed by atoms with Gasteiger partial charge in [-0.05, 0) is 36.5 Å². The lowest BCUT2D eigenvalue weighted by Gasteiger charge is -2.21. The maximum atomic E-state index is 11.1. The van der Waals surface area contributed by atoms with Gasteiger partial charge in [0.15, 0.2) is 0 Å². The van der Waals surface area contributed by atoms with E-state index in [1.54, 1.807) is 0 Å². The number of nitrogens with two attached hydrogens (primary N) is 1. The highest BCUT2D eigenvalue weighted by atomic mass is 16.4. The normalized spacial score (nSPS) is 24.7. The minimum Gasteiger partial charge on any atom is -0.480 e. The first-order valence-corrected chi connectivity index (χ1v) is 4.67. The Bertz CT molecular complexity index is 400. The molecule has 0 saturated heterocycles. The van der Waals surface area contributed by atoms with Gasteiger partial charge in [-0.3, -0.25) is 0 Å². The van der Waals surface area contributed by atoms with Gasteiger partial charge in [0.2, 0.25) is 0 Å². The van der Waals surface area contributed by atoms with E-state index in [1.165, 1.54) is 0 Å². The number of carboxylic acids is 1. The van der Waals surface area contributed by atoms with Gasteiger partial charge < -0.3 is 10.8 Å². The minimum atomic E-state index is -1.17. The van der Waals surface area contributed by atoms with Crippen molar-refractivity contribution < 1.29 is 9.90 Å². The van der Waals surface area contributed by atoms with Crippen LogP contribution in [0.2, 0.25) is 0 Å². The van der Waals surface area contributed by atoms with Crippen LogP contribution in [0.15, 0.2) is 18.2 Å². The van der Waals surface area contributed by atoms with Crippen LogP contribution in [0.3, 0.4) is 0 Å². The molecule has 0 fully saturated rings. The maximum Gasteiger partial charge on any atom is 0.328 e. The molecule has 0 spiro atoms. The second-order valence-corrected chi connectivity index (χ2v) is 3.89. The third kappa shape index (κ3) is 1.06. The first-order valence-electron chi connectivity index (χ1n) is 4.67. The van der Waals surface area contributed by atoms with Crippen molar-refractivity contribution in [2.75, 3.05) is 0 Å². The zero-order chi connectivity index (χ0) is 10.3. The van der Waals surface area contributed by atoms with E-state index in [4.69, 9.17) is 10.8 Å². The van der Waals surface area contributed by atoms with Gasteiger partial charge in [-0.15, -0.1) is 0 Å². The van der Waals surface area contributed by atoms with Crippen LogP contribution in [-0.2, 0) is 16.8 Å². The number of aryl methyl sites for hydroxylation is 2. The summed E-state index contributed by atoms with van der Waals surface area (Å²) in [4.78, 5) is 11.1. The van der Waals surface area contributed by atoms with E-state index >= 15 is 0 Å². The summed E-state index contributed by atoms with van der Waals surface area (Å²) in [6.45, 7) is 1.91. The maximum absolute atomic E-state index is 11.1. The number of benzene rings is 1. The summed E-state index contributed by atoms with van der Waals surface area (Å²) in [5, 5.41) is 9.12. The molecule has 2 rings (SSSR count). The predicted molar refractivity (Wildman–Crippen MR) is 53.0 cm³/mol. The Balaban J connectivity index is 2.64. The Kier molecular flexibility index (Phi) is 1.86. The van der Waals surface area contributed by atoms with Crippen molar-refractivity contribution in [1.82, 2.24) is 0 Å². The molecule has 0 heterocycles. The van der Waals surface area contributed by atoms with Crippen LogP contribution in [0.4, 0.5) is 0 Å². The zero-order valence-corrected chi connectivity index (χ0v) is 8.08. The lowest BCUT2D eigenvalue weighted by Crippen LogP contribution is -2.43. The SMILES string of the molecule is Cc1cccc2c1C(N)(C(=O)O)CC2. The number of hydrogen-bond acceptors (Lipinski definition) is 2. The Hall–Kier alpha value is -1.35. The van der Waals surface area contributed by atoms with E-state index in [0.29, 0.717) is 6.42 Å². The van der Waals surface area contributed by atoms with Crippen LogP contribution in [0.5, 0.6) is 0 Å². The van der Waals surface area contributed by atoms with Gasteiger partial charge in [0.25, 0.3) is 0 Å². The fourth-order valence-electron chi connectivity index (χ4n) is 2.25. The molecular weight excluding hydrogens is 178 g/mol. The summed E-state index contributed by atoms with van der Waals surface area (Å²) >= 11 is 0. The average Bonchev–Trinajstić information content (AvgIpc) is 2.47. The van der Waals surface area contributed by atoms with Crippen LogP contribution < -0.4 is 5.73 Å². The molecule has 1 aliphatic carbocycles. The molecule has 0 bridgehead atoms. The lowest BCUT2D eigenvalue weighted by atomic mass is 9.90. The Labute approximate surface area is 82.5 Å². The van der Waals surface area contributed by atoms with Crippen molar-refractivity contribution in [1.29, 1.82) is 0 Å². The number of aliphatic carboxylic acids is 1. The predicted octanol–water partition coefficient (Wildman–Crippen LogP) is 1.18. The Morgan fingerprint density at radius 3 is 2.93 bits per heavy atom. The van der Waals surface area contributed by atoms with E-state index in [-0.39, 0.29) is 0 Å². The zero-order valence-electron chi connectivity index (χ0n) is 8.08. The summed E-state index contributed by atoms with van der Waals surface area (Å²) in [5.41, 5.74) is 7.62. The third-order valence-electron chi connectivity index (χ3n) is 2.98. The molecule has 3 nitrogen and oxygen atoms in total. The molecule has 1 atom stereocenters. The number of hydrogen-bond donors (Lipinski definition) is 2. The van der Waals surface area contributed by atoms with Crippen molar-refractivity contribution in [2.24, 2.45) is 5.73 Å². The summed E-state index contributed by atoms with van der Waals surface area (Å²) in [7, 11) is 0. The minimum absolute atomic E-state index is 0.502. The van der Waals surface area contributed by atoms with Gasteiger partial charge in [0.1, 0.15) is 5.54 Å². The summed E-state index contributed by atoms with van der Waals surface area (Å²) in [6, 6.07) is 5.82. The largest absolute Gasteiger partial charge is 0.480 e. The molecule has 0 aromatic heterocycles. The Morgan fingerprint density at radius 1 is 1.57 bits per heavy atom. The number of carboxylic acid groups (broad SMARTS) is 1. The van der Waals surface area contributed by atoms with Gasteiger partial charge >= 0.3 is 5.97 Å². The molecule has 74 valence electrons. The summed E-state index contributed by atoms with van der Waals surface area (Å²) in [5.74, 6) is -0.925. The first-order chi connectivity index (χ1) is 6.55. The number of rotatable bonds is 1. The fraction of sp³-hybridized carbons (Fsp3) is 0.364. The fourth-order valence-corrected chi connectivity index (χ4v) is 2.25. The average molecular weight is 191 g/mol. The van der Waals surface area contributed by atoms with Gasteiger partial charge in [-0.2, -0.15) is 0 Å². The van der Waals surface area contributed by atoms with Crippen molar-refractivity contribution >= 4 is 5.97 Å². The second kappa shape index (κ2) is 2.82. The molecule has 1 aromatic rings. The van der Waals surface area contributed by atoms with Crippen molar-refractivity contribution in [3.63, 3.8) is 0 Å². The summed E-state index contributed by atoms with van der Waals surface area (Å²) in [6.07, 6.45) is 1.27. The van der Waals surface area contributed by atoms with E-state index in [9.17, 15) is 4.79 Å². The second-order valence-electron chi connectivity index (χ2n) is 3.89. The molecule has 0 saturated carbocycles. The molecule has 0 radical (unpaired) electrons. The van der Waals surface area contributed by atoms with Crippen molar-refractivity contribution in [3.8, 4) is 0 Å². The third-order valence-corrected chi connectivity index (χ3v) is 2.98. The van der Waals surface area contributed by atoms with Gasteiger partial charge in [-0.25, -0.2) is 4.79 Å². The topological polar surface area (TPSA) is 63.3 Å². The monoisotopic (exact) mass is 191 g/mol. The lowest BCUT2D eigenvalue weighted by molar-refractivity contribution is -0.143. The smallest absolute Gasteiger partial charge is 0.328 e. The molecular formula is C11H13NO2. The molecule has 1 aliphatic rings. The van der Waals surface area contributed by atoms with Gasteiger partial charge in [-0.1, -0.05) is 18.2 Å². The highest BCUT2D eigenvalue weighted by molar-refractivity contribution is 5.82. The van der Waals surface area contributed by atoms with Crippen LogP contribution in [0.25, 0.3) is 0 Å². The molecule has 14 heavy (non-hydrogen) atoms. The number of carbonyl (C=O) groups is 1. The summed E-state index contributed by atoms with van der Waals surface area (Å²) < 4.78 is 0. The first kappa shape index (κ1) is 9.21. The molecule has 1 unspecified atom stereocenters. The van der Waals surface area contributed by atoms with Crippen LogP contribution in [0, 0.1) is 6.92 Å². The molecule has 0 aliphatic heterocycles. The molecule has 0 amide bonds. The highest BCUT2D eigenvalue weighted by Gasteiger charge is 2.42. The van der Waals surface area contributed by atoms with Gasteiger partial charge in [0, 0.05) is 0 Å². The van der Waals surface area contributed by atoms with E-state index in [1.807, 2.05) is 25.1 Å². The standard InChI is InChI=1S/C11H13NO2/c1-7-3-2-4-8-5-6-11(12,9(7)8)10(13)14/h2-4H,5-6,12H2,1H3,(H,13,14). The van der Waals surface area contributed by atoms with Crippen LogP contribution >= 0.6 is 0 Å². The number of fused-ring (bicyclic) bond motifs is 1. The molecule has 3 N–H and O–H groups in total. The Morgan fingerprint density at radius 2 is 2.29 bits per heavy atom. The molecule has 3 heteroatoms. The van der Waals surface area contributed by atoms with Crippen LogP contribution in [-0.4, -0.2) is 11.1 Å². The van der Waals surface area contributed by atoms with E-state index < -0.39 is 11.5 Å². The quantitative estimate of drug-likeness (QED) is 0.700. The van der Waals surface area contributed by atoms with Crippen molar-refractivity contribution in [3.05, 3.63) is 34.9 Å². The molecule has 1 aromatic carbocycles.